The minimum Gasteiger partial charge on any atom is -0.490 e. The second-order valence-electron chi connectivity index (χ2n) is 4.03. The molecule has 0 aromatic heterocycles. The maximum absolute atomic E-state index is 6.03. The Morgan fingerprint density at radius 1 is 0.938 bits per heavy atom. The van der Waals surface area contributed by atoms with E-state index in [1.54, 1.807) is 0 Å². The highest BCUT2D eigenvalue weighted by atomic mass is 16.5. The minimum atomic E-state index is 0.325. The third-order valence-corrected chi connectivity index (χ3v) is 2.95. The van der Waals surface area contributed by atoms with E-state index in [9.17, 15) is 0 Å². The lowest BCUT2D eigenvalue weighted by Crippen LogP contribution is -2.13. The van der Waals surface area contributed by atoms with Gasteiger partial charge < -0.3 is 4.74 Å². The van der Waals surface area contributed by atoms with E-state index in [0.29, 0.717) is 6.10 Å². The van der Waals surface area contributed by atoms with Crippen molar-refractivity contribution in [1.29, 1.82) is 0 Å². The molecule has 0 radical (unpaired) electrons. The summed E-state index contributed by atoms with van der Waals surface area (Å²) < 4.78 is 6.03. The first-order valence-corrected chi connectivity index (χ1v) is 5.99. The number of benzene rings is 2. The Morgan fingerprint density at radius 2 is 1.62 bits per heavy atom. The Labute approximate surface area is 97.1 Å². The lowest BCUT2D eigenvalue weighted by Gasteiger charge is -2.17. The molecule has 84 valence electrons. The van der Waals surface area contributed by atoms with Crippen molar-refractivity contribution >= 4 is 10.8 Å². The molecule has 2 aromatic rings. The van der Waals surface area contributed by atoms with Gasteiger partial charge in [0.05, 0.1) is 6.10 Å². The van der Waals surface area contributed by atoms with Gasteiger partial charge in [-0.25, -0.2) is 0 Å². The van der Waals surface area contributed by atoms with E-state index in [2.05, 4.69) is 56.3 Å². The number of fused-ring (bicyclic) bond motifs is 1. The summed E-state index contributed by atoms with van der Waals surface area (Å²) in [5.41, 5.74) is 0. The third kappa shape index (κ3) is 2.19. The van der Waals surface area contributed by atoms with Crippen LogP contribution in [-0.4, -0.2) is 6.10 Å². The van der Waals surface area contributed by atoms with E-state index in [1.165, 1.54) is 10.8 Å². The van der Waals surface area contributed by atoms with Crippen molar-refractivity contribution in [2.45, 2.75) is 32.8 Å². The highest BCUT2D eigenvalue weighted by Gasteiger charge is 2.07. The predicted octanol–water partition coefficient (Wildman–Crippen LogP) is 4.41. The molecule has 1 nitrogen and oxygen atoms in total. The molecule has 0 heterocycles. The van der Waals surface area contributed by atoms with Crippen LogP contribution < -0.4 is 4.74 Å². The summed E-state index contributed by atoms with van der Waals surface area (Å²) in [7, 11) is 0. The molecule has 0 unspecified atom stereocenters. The van der Waals surface area contributed by atoms with Crippen molar-refractivity contribution in [3.05, 3.63) is 42.5 Å². The van der Waals surface area contributed by atoms with E-state index in [0.717, 1.165) is 18.6 Å². The van der Waals surface area contributed by atoms with E-state index in [-0.39, 0.29) is 0 Å². The highest BCUT2D eigenvalue weighted by Crippen LogP contribution is 2.26. The summed E-state index contributed by atoms with van der Waals surface area (Å²) in [4.78, 5) is 0. The molecule has 0 aliphatic heterocycles. The molecule has 0 N–H and O–H groups in total. The molecule has 0 aliphatic rings. The molecule has 0 saturated carbocycles. The number of hydrogen-bond acceptors (Lipinski definition) is 1. The molecular formula is C15H18O. The van der Waals surface area contributed by atoms with Gasteiger partial charge in [0, 0.05) is 5.39 Å². The summed E-state index contributed by atoms with van der Waals surface area (Å²) in [5, 5.41) is 2.45. The van der Waals surface area contributed by atoms with Gasteiger partial charge in [0.25, 0.3) is 0 Å². The maximum Gasteiger partial charge on any atom is 0.127 e. The Bertz CT molecular complexity index is 452. The number of ether oxygens (including phenoxy) is 1. The minimum absolute atomic E-state index is 0.325. The molecule has 2 rings (SSSR count). The molecule has 0 fully saturated rings. The largest absolute Gasteiger partial charge is 0.490 e. The Hall–Kier alpha value is -1.50. The van der Waals surface area contributed by atoms with Crippen LogP contribution in [0.3, 0.4) is 0 Å². The van der Waals surface area contributed by atoms with Crippen LogP contribution in [0.25, 0.3) is 10.8 Å². The van der Waals surface area contributed by atoms with E-state index < -0.39 is 0 Å². The average molecular weight is 214 g/mol. The first kappa shape index (κ1) is 11.0. The molecule has 1 heteroatoms. The smallest absolute Gasteiger partial charge is 0.127 e. The summed E-state index contributed by atoms with van der Waals surface area (Å²) in [6, 6.07) is 14.6. The van der Waals surface area contributed by atoms with Gasteiger partial charge in [0.2, 0.25) is 0 Å². The first-order chi connectivity index (χ1) is 7.85. The molecule has 2 aromatic carbocycles. The third-order valence-electron chi connectivity index (χ3n) is 2.95. The van der Waals surface area contributed by atoms with Crippen LogP contribution in [0.5, 0.6) is 5.75 Å². The zero-order chi connectivity index (χ0) is 11.4. The van der Waals surface area contributed by atoms with Gasteiger partial charge >= 0.3 is 0 Å². The van der Waals surface area contributed by atoms with Crippen LogP contribution in [0.4, 0.5) is 0 Å². The van der Waals surface area contributed by atoms with Gasteiger partial charge in [0.15, 0.2) is 0 Å². The average Bonchev–Trinajstić information content (AvgIpc) is 2.36. The standard InChI is InChI=1S/C15H18O/c1-3-13(4-2)16-15-11-7-9-12-8-5-6-10-14(12)15/h5-11,13H,3-4H2,1-2H3. The van der Waals surface area contributed by atoms with E-state index in [1.807, 2.05) is 0 Å². The fourth-order valence-electron chi connectivity index (χ4n) is 1.93. The topological polar surface area (TPSA) is 9.23 Å². The molecule has 0 saturated heterocycles. The Morgan fingerprint density at radius 3 is 2.38 bits per heavy atom. The van der Waals surface area contributed by atoms with Gasteiger partial charge in [0.1, 0.15) is 5.75 Å². The second kappa shape index (κ2) is 5.02. The van der Waals surface area contributed by atoms with Crippen molar-refractivity contribution in [2.75, 3.05) is 0 Å². The highest BCUT2D eigenvalue weighted by molar-refractivity contribution is 5.88. The molecule has 16 heavy (non-hydrogen) atoms. The van der Waals surface area contributed by atoms with Crippen molar-refractivity contribution in [3.63, 3.8) is 0 Å². The second-order valence-corrected chi connectivity index (χ2v) is 4.03. The fourth-order valence-corrected chi connectivity index (χ4v) is 1.93. The summed E-state index contributed by atoms with van der Waals surface area (Å²) in [5.74, 6) is 1.01. The summed E-state index contributed by atoms with van der Waals surface area (Å²) in [6.07, 6.45) is 2.44. The van der Waals surface area contributed by atoms with Crippen LogP contribution >= 0.6 is 0 Å². The monoisotopic (exact) mass is 214 g/mol. The lowest BCUT2D eigenvalue weighted by atomic mass is 10.1. The van der Waals surface area contributed by atoms with Crippen LogP contribution in [0, 0.1) is 0 Å². The Balaban J connectivity index is 2.36. The molecule has 0 amide bonds. The quantitative estimate of drug-likeness (QED) is 0.732. The van der Waals surface area contributed by atoms with Crippen molar-refractivity contribution in [2.24, 2.45) is 0 Å². The molecule has 0 spiro atoms. The lowest BCUT2D eigenvalue weighted by molar-refractivity contribution is 0.195. The molecule has 0 aliphatic carbocycles. The fraction of sp³-hybridized carbons (Fsp3) is 0.333. The van der Waals surface area contributed by atoms with Gasteiger partial charge in [-0.3, -0.25) is 0 Å². The normalized spacial score (nSPS) is 10.9. The molecule has 0 atom stereocenters. The molecule has 0 bridgehead atoms. The van der Waals surface area contributed by atoms with Crippen molar-refractivity contribution < 1.29 is 4.74 Å². The van der Waals surface area contributed by atoms with Gasteiger partial charge in [-0.1, -0.05) is 50.2 Å². The van der Waals surface area contributed by atoms with Crippen molar-refractivity contribution in [1.82, 2.24) is 0 Å². The van der Waals surface area contributed by atoms with Crippen LogP contribution in [-0.2, 0) is 0 Å². The SMILES string of the molecule is CCC(CC)Oc1cccc2ccccc12. The number of rotatable bonds is 4. The first-order valence-electron chi connectivity index (χ1n) is 5.99. The Kier molecular flexibility index (Phi) is 3.45. The van der Waals surface area contributed by atoms with Crippen LogP contribution in [0.1, 0.15) is 26.7 Å². The van der Waals surface area contributed by atoms with Crippen LogP contribution in [0.2, 0.25) is 0 Å². The predicted molar refractivity (Wildman–Crippen MR) is 68.9 cm³/mol. The van der Waals surface area contributed by atoms with E-state index >= 15 is 0 Å². The van der Waals surface area contributed by atoms with Gasteiger partial charge in [-0.2, -0.15) is 0 Å². The van der Waals surface area contributed by atoms with E-state index in [4.69, 9.17) is 4.74 Å². The summed E-state index contributed by atoms with van der Waals surface area (Å²) in [6.45, 7) is 4.33. The van der Waals surface area contributed by atoms with Crippen LogP contribution in [0.15, 0.2) is 42.5 Å². The zero-order valence-corrected chi connectivity index (χ0v) is 9.94. The van der Waals surface area contributed by atoms with Gasteiger partial charge in [-0.05, 0) is 24.3 Å². The number of hydrogen-bond donors (Lipinski definition) is 0. The van der Waals surface area contributed by atoms with Crippen molar-refractivity contribution in [3.8, 4) is 5.75 Å². The van der Waals surface area contributed by atoms with Gasteiger partial charge in [-0.15, -0.1) is 0 Å². The molecular weight excluding hydrogens is 196 g/mol. The summed E-state index contributed by atoms with van der Waals surface area (Å²) >= 11 is 0. The zero-order valence-electron chi connectivity index (χ0n) is 9.94. The maximum atomic E-state index is 6.03.